The van der Waals surface area contributed by atoms with Gasteiger partial charge in [0, 0.05) is 43.6 Å². The first kappa shape index (κ1) is 18.2. The van der Waals surface area contributed by atoms with Gasteiger partial charge >= 0.3 is 6.03 Å². The Morgan fingerprint density at radius 2 is 1.89 bits per heavy atom. The number of hydrogen-bond donors (Lipinski definition) is 2. The lowest BCUT2D eigenvalue weighted by atomic mass is 9.97. The van der Waals surface area contributed by atoms with E-state index in [2.05, 4.69) is 15.5 Å². The lowest BCUT2D eigenvalue weighted by Crippen LogP contribution is -2.52. The van der Waals surface area contributed by atoms with Crippen molar-refractivity contribution in [2.45, 2.75) is 12.5 Å². The highest BCUT2D eigenvalue weighted by Crippen LogP contribution is 2.24. The second-order valence-corrected chi connectivity index (χ2v) is 7.20. The van der Waals surface area contributed by atoms with Crippen molar-refractivity contribution in [2.75, 3.05) is 51.4 Å². The molecule has 144 valence electrons. The van der Waals surface area contributed by atoms with Crippen LogP contribution in [0.4, 0.5) is 10.5 Å². The van der Waals surface area contributed by atoms with Gasteiger partial charge in [0.15, 0.2) is 0 Å². The number of urea groups is 1. The van der Waals surface area contributed by atoms with Crippen LogP contribution in [-0.4, -0.2) is 63.0 Å². The fraction of sp³-hybridized carbons (Fsp3) is 0.476. The molecule has 2 N–H and O–H groups in total. The monoisotopic (exact) mass is 369 g/mol. The van der Waals surface area contributed by atoms with Gasteiger partial charge in [-0.15, -0.1) is 0 Å². The first-order valence-electron chi connectivity index (χ1n) is 9.73. The van der Waals surface area contributed by atoms with E-state index in [1.807, 2.05) is 42.5 Å². The molecule has 0 aliphatic carbocycles. The van der Waals surface area contributed by atoms with Gasteiger partial charge in [-0.05, 0) is 17.9 Å². The Hall–Kier alpha value is -2.15. The highest BCUT2D eigenvalue weighted by molar-refractivity contribution is 6.01. The van der Waals surface area contributed by atoms with Gasteiger partial charge < -0.3 is 20.1 Å². The van der Waals surface area contributed by atoms with Crippen LogP contribution in [0.25, 0.3) is 10.8 Å². The molecule has 0 aromatic heterocycles. The summed E-state index contributed by atoms with van der Waals surface area (Å²) in [5, 5.41) is 8.25. The molecule has 0 bridgehead atoms. The molecule has 2 saturated heterocycles. The van der Waals surface area contributed by atoms with Gasteiger partial charge in [-0.2, -0.15) is 0 Å². The van der Waals surface area contributed by atoms with Crippen molar-refractivity contribution in [1.29, 1.82) is 0 Å². The number of anilines is 1. The Morgan fingerprint density at radius 1 is 1.07 bits per heavy atom. The third kappa shape index (κ3) is 4.40. The van der Waals surface area contributed by atoms with E-state index in [0.717, 1.165) is 62.4 Å². The molecular weight excluding hydrogens is 342 g/mol. The van der Waals surface area contributed by atoms with Crippen molar-refractivity contribution in [1.82, 2.24) is 10.2 Å². The highest BCUT2D eigenvalue weighted by atomic mass is 16.5. The van der Waals surface area contributed by atoms with Crippen LogP contribution in [0.1, 0.15) is 6.42 Å². The molecule has 2 aromatic carbocycles. The molecule has 2 heterocycles. The fourth-order valence-electron chi connectivity index (χ4n) is 4.06. The summed E-state index contributed by atoms with van der Waals surface area (Å²) in [6.07, 6.45) is 1.05. The van der Waals surface area contributed by atoms with Gasteiger partial charge in [-0.3, -0.25) is 4.90 Å². The Kier molecular flexibility index (Phi) is 5.87. The topological polar surface area (TPSA) is 62.8 Å². The van der Waals surface area contributed by atoms with Gasteiger partial charge in [-0.1, -0.05) is 36.4 Å². The average molecular weight is 369 g/mol. The zero-order valence-electron chi connectivity index (χ0n) is 15.5. The van der Waals surface area contributed by atoms with Crippen LogP contribution in [0, 0.1) is 5.92 Å². The lowest BCUT2D eigenvalue weighted by molar-refractivity contribution is 0.00222. The minimum Gasteiger partial charge on any atom is -0.381 e. The largest absolute Gasteiger partial charge is 0.381 e. The van der Waals surface area contributed by atoms with Crippen LogP contribution < -0.4 is 10.6 Å². The first-order valence-corrected chi connectivity index (χ1v) is 9.73. The molecule has 0 spiro atoms. The first-order chi connectivity index (χ1) is 13.3. The van der Waals surface area contributed by atoms with Crippen molar-refractivity contribution in [3.05, 3.63) is 42.5 Å². The van der Waals surface area contributed by atoms with Crippen molar-refractivity contribution >= 4 is 22.5 Å². The van der Waals surface area contributed by atoms with Crippen LogP contribution in [0.15, 0.2) is 42.5 Å². The molecule has 2 atom stereocenters. The van der Waals surface area contributed by atoms with Crippen molar-refractivity contribution in [3.63, 3.8) is 0 Å². The third-order valence-electron chi connectivity index (χ3n) is 5.53. The van der Waals surface area contributed by atoms with Gasteiger partial charge in [0.05, 0.1) is 25.5 Å². The van der Waals surface area contributed by atoms with E-state index < -0.39 is 0 Å². The van der Waals surface area contributed by atoms with Gasteiger partial charge in [0.1, 0.15) is 0 Å². The van der Waals surface area contributed by atoms with Crippen molar-refractivity contribution < 1.29 is 14.3 Å². The van der Waals surface area contributed by atoms with E-state index in [1.165, 1.54) is 0 Å². The van der Waals surface area contributed by atoms with Gasteiger partial charge in [0.25, 0.3) is 0 Å². The molecule has 27 heavy (non-hydrogen) atoms. The van der Waals surface area contributed by atoms with Crippen LogP contribution in [0.2, 0.25) is 0 Å². The summed E-state index contributed by atoms with van der Waals surface area (Å²) in [7, 11) is 0. The van der Waals surface area contributed by atoms with Gasteiger partial charge in [-0.25, -0.2) is 4.79 Å². The quantitative estimate of drug-likeness (QED) is 0.851. The molecule has 2 fully saturated rings. The lowest BCUT2D eigenvalue weighted by Gasteiger charge is -2.37. The van der Waals surface area contributed by atoms with E-state index in [-0.39, 0.29) is 12.1 Å². The van der Waals surface area contributed by atoms with E-state index in [1.54, 1.807) is 0 Å². The second-order valence-electron chi connectivity index (χ2n) is 7.20. The molecule has 0 radical (unpaired) electrons. The molecule has 0 saturated carbocycles. The predicted molar refractivity (Wildman–Crippen MR) is 106 cm³/mol. The number of rotatable bonds is 5. The highest BCUT2D eigenvalue weighted by Gasteiger charge is 2.31. The molecule has 2 amide bonds. The standard InChI is InChI=1S/C21H27N3O3/c25-21(23-19-7-3-5-16-4-1-2-6-18(16)19)22-14-20(17-8-11-27-15-17)24-9-12-26-13-10-24/h1-7,17,20H,8-15H2,(H2,22,23,25)/t17-,20+/m0/s1. The number of carbonyl (C=O) groups is 1. The SMILES string of the molecule is O=C(NC[C@H]([C@H]1CCOC1)N1CCOCC1)Nc1cccc2ccccc12. The van der Waals surface area contributed by atoms with E-state index in [9.17, 15) is 4.79 Å². The number of carbonyl (C=O) groups excluding carboxylic acids is 1. The zero-order valence-corrected chi connectivity index (χ0v) is 15.5. The number of fused-ring (bicyclic) bond motifs is 1. The summed E-state index contributed by atoms with van der Waals surface area (Å²) in [6.45, 7) is 5.53. The van der Waals surface area contributed by atoms with E-state index in [4.69, 9.17) is 9.47 Å². The zero-order chi connectivity index (χ0) is 18.5. The number of nitrogens with zero attached hydrogens (tertiary/aromatic N) is 1. The molecule has 2 aromatic rings. The maximum atomic E-state index is 12.6. The summed E-state index contributed by atoms with van der Waals surface area (Å²) in [6, 6.07) is 14.1. The smallest absolute Gasteiger partial charge is 0.319 e. The normalized spacial score (nSPS) is 21.9. The van der Waals surface area contributed by atoms with E-state index >= 15 is 0 Å². The van der Waals surface area contributed by atoms with Crippen molar-refractivity contribution in [3.8, 4) is 0 Å². The van der Waals surface area contributed by atoms with Crippen molar-refractivity contribution in [2.24, 2.45) is 5.92 Å². The molecule has 0 unspecified atom stereocenters. The number of benzene rings is 2. The number of amides is 2. The third-order valence-corrected chi connectivity index (χ3v) is 5.53. The van der Waals surface area contributed by atoms with Crippen LogP contribution >= 0.6 is 0 Å². The molecule has 2 aliphatic rings. The Morgan fingerprint density at radius 3 is 2.70 bits per heavy atom. The summed E-state index contributed by atoms with van der Waals surface area (Å²) in [4.78, 5) is 15.0. The molecule has 6 nitrogen and oxygen atoms in total. The molecular formula is C21H27N3O3. The van der Waals surface area contributed by atoms with Crippen LogP contribution in [0.3, 0.4) is 0 Å². The predicted octanol–water partition coefficient (Wildman–Crippen LogP) is 2.70. The Bertz CT molecular complexity index is 765. The van der Waals surface area contributed by atoms with E-state index in [0.29, 0.717) is 12.5 Å². The number of morpholine rings is 1. The summed E-state index contributed by atoms with van der Waals surface area (Å²) in [5.41, 5.74) is 0.831. The summed E-state index contributed by atoms with van der Waals surface area (Å²) < 4.78 is 11.1. The summed E-state index contributed by atoms with van der Waals surface area (Å²) >= 11 is 0. The molecule has 6 heteroatoms. The van der Waals surface area contributed by atoms with Gasteiger partial charge in [0.2, 0.25) is 0 Å². The number of nitrogens with one attached hydrogen (secondary N) is 2. The fourth-order valence-corrected chi connectivity index (χ4v) is 4.06. The van der Waals surface area contributed by atoms with Crippen LogP contribution in [0.5, 0.6) is 0 Å². The molecule has 2 aliphatic heterocycles. The second kappa shape index (κ2) is 8.69. The Labute approximate surface area is 159 Å². The Balaban J connectivity index is 1.40. The minimum absolute atomic E-state index is 0.163. The number of hydrogen-bond acceptors (Lipinski definition) is 4. The summed E-state index contributed by atoms with van der Waals surface area (Å²) in [5.74, 6) is 0.459. The molecule has 4 rings (SSSR count). The minimum atomic E-state index is -0.163. The maximum Gasteiger partial charge on any atom is 0.319 e. The number of ether oxygens (including phenoxy) is 2. The maximum absolute atomic E-state index is 12.6. The van der Waals surface area contributed by atoms with Crippen LogP contribution in [-0.2, 0) is 9.47 Å². The average Bonchev–Trinajstić information content (AvgIpc) is 3.24.